The number of nitrogens with one attached hydrogen (secondary N) is 4. The van der Waals surface area contributed by atoms with E-state index in [1.165, 1.54) is 12.8 Å². The molecule has 2 aliphatic heterocycles. The predicted octanol–water partition coefficient (Wildman–Crippen LogP) is 2.21. The van der Waals surface area contributed by atoms with E-state index in [4.69, 9.17) is 0 Å². The van der Waals surface area contributed by atoms with Crippen molar-refractivity contribution in [2.75, 3.05) is 38.2 Å². The maximum absolute atomic E-state index is 12.9. The molecule has 1 amide bonds. The van der Waals surface area contributed by atoms with E-state index in [0.717, 1.165) is 80.6 Å². The molecule has 0 radical (unpaired) electrons. The van der Waals surface area contributed by atoms with Crippen LogP contribution in [0.3, 0.4) is 0 Å². The molecule has 220 valence electrons. The van der Waals surface area contributed by atoms with Gasteiger partial charge in [-0.05, 0) is 74.2 Å². The second kappa shape index (κ2) is 14.5. The Kier molecular flexibility index (Phi) is 10.3. The Morgan fingerprint density at radius 1 is 1.12 bits per heavy atom. The van der Waals surface area contributed by atoms with Crippen LogP contribution in [0.4, 0.5) is 5.69 Å². The van der Waals surface area contributed by atoms with Gasteiger partial charge < -0.3 is 25.6 Å². The predicted molar refractivity (Wildman–Crippen MR) is 158 cm³/mol. The number of aromatic nitrogens is 4. The van der Waals surface area contributed by atoms with Gasteiger partial charge in [0.15, 0.2) is 5.82 Å². The van der Waals surface area contributed by atoms with Crippen LogP contribution < -0.4 is 21.3 Å². The second-order valence-electron chi connectivity index (χ2n) is 10.8. The van der Waals surface area contributed by atoms with Crippen molar-refractivity contribution in [3.8, 4) is 0 Å². The molecule has 41 heavy (non-hydrogen) atoms. The van der Waals surface area contributed by atoms with Crippen molar-refractivity contribution in [2.24, 2.45) is 0 Å². The summed E-state index contributed by atoms with van der Waals surface area (Å²) in [6.07, 6.45) is 8.82. The van der Waals surface area contributed by atoms with Gasteiger partial charge in [0, 0.05) is 56.0 Å². The van der Waals surface area contributed by atoms with Gasteiger partial charge in [0.2, 0.25) is 0 Å². The first-order valence-electron chi connectivity index (χ1n) is 14.9. The third kappa shape index (κ3) is 7.48. The van der Waals surface area contributed by atoms with E-state index in [1.807, 2.05) is 36.5 Å². The molecule has 5 rings (SSSR count). The number of anilines is 1. The lowest BCUT2D eigenvalue weighted by atomic mass is 10.0. The number of hydrogen-bond acceptors (Lipinski definition) is 9. The molecular formula is C30H43N9O2. The Morgan fingerprint density at radius 3 is 2.88 bits per heavy atom. The largest absolute Gasteiger partial charge is 0.395 e. The molecular weight excluding hydrogens is 518 g/mol. The van der Waals surface area contributed by atoms with Crippen LogP contribution in [0.2, 0.25) is 0 Å². The van der Waals surface area contributed by atoms with Crippen molar-refractivity contribution >= 4 is 11.6 Å². The van der Waals surface area contributed by atoms with Crippen LogP contribution in [0.25, 0.3) is 0 Å². The highest BCUT2D eigenvalue weighted by atomic mass is 16.3. The molecule has 2 fully saturated rings. The summed E-state index contributed by atoms with van der Waals surface area (Å²) < 4.78 is 2.23. The van der Waals surface area contributed by atoms with E-state index in [0.29, 0.717) is 18.7 Å². The SMILES string of the molecule is CCc1cnccc1CNC(=O)c1cccc(NCc2nnc(C3CCNCN3)n2CCN2CCCCC2CO)c1. The fraction of sp³-hybridized carbons (Fsp3) is 0.533. The summed E-state index contributed by atoms with van der Waals surface area (Å²) >= 11 is 0. The van der Waals surface area contributed by atoms with Gasteiger partial charge in [-0.1, -0.05) is 19.4 Å². The van der Waals surface area contributed by atoms with E-state index >= 15 is 0 Å². The van der Waals surface area contributed by atoms with Gasteiger partial charge >= 0.3 is 0 Å². The third-order valence-electron chi connectivity index (χ3n) is 8.22. The van der Waals surface area contributed by atoms with Crippen molar-refractivity contribution < 1.29 is 9.90 Å². The molecule has 2 saturated heterocycles. The molecule has 1 aromatic carbocycles. The monoisotopic (exact) mass is 561 g/mol. The standard InChI is InChI=1S/C30H43N9O2/c1-2-22-17-31-11-9-24(22)18-34-30(41)23-6-5-7-25(16-23)33-19-28-36-37-29(27-10-12-32-21-35-27)39(28)15-14-38-13-4-3-8-26(38)20-40/h5-7,9,11,16-17,26-27,32-33,35,40H,2-4,8,10,12-15,18-21H2,1H3,(H,34,41). The number of aryl methyl sites for hydroxylation is 1. The van der Waals surface area contributed by atoms with Gasteiger partial charge in [0.1, 0.15) is 5.82 Å². The minimum absolute atomic E-state index is 0.116. The number of carbonyl (C=O) groups is 1. The van der Waals surface area contributed by atoms with Crippen molar-refractivity contribution in [3.63, 3.8) is 0 Å². The summed E-state index contributed by atoms with van der Waals surface area (Å²) in [5, 5.41) is 32.4. The van der Waals surface area contributed by atoms with Crippen LogP contribution in [0.15, 0.2) is 42.7 Å². The minimum atomic E-state index is -0.116. The number of amides is 1. The normalized spacial score (nSPS) is 19.7. The highest BCUT2D eigenvalue weighted by Gasteiger charge is 2.25. The first-order chi connectivity index (χ1) is 20.2. The smallest absolute Gasteiger partial charge is 0.251 e. The number of likely N-dealkylation sites (tertiary alicyclic amines) is 1. The average Bonchev–Trinajstić information content (AvgIpc) is 3.45. The van der Waals surface area contributed by atoms with Crippen molar-refractivity contribution in [3.05, 3.63) is 71.1 Å². The van der Waals surface area contributed by atoms with Crippen LogP contribution in [-0.4, -0.2) is 74.6 Å². The minimum Gasteiger partial charge on any atom is -0.395 e. The van der Waals surface area contributed by atoms with Gasteiger partial charge in [0.25, 0.3) is 5.91 Å². The molecule has 3 aromatic rings. The Hall–Kier alpha value is -3.38. The van der Waals surface area contributed by atoms with Crippen molar-refractivity contribution in [1.82, 2.24) is 40.6 Å². The first kappa shape index (κ1) is 29.1. The van der Waals surface area contributed by atoms with Crippen LogP contribution in [0.1, 0.15) is 71.8 Å². The molecule has 0 spiro atoms. The molecule has 11 heteroatoms. The topological polar surface area (TPSA) is 132 Å². The number of carbonyl (C=O) groups excluding carboxylic acids is 1. The molecule has 2 aromatic heterocycles. The Morgan fingerprint density at radius 2 is 2.05 bits per heavy atom. The van der Waals surface area contributed by atoms with Gasteiger partial charge in [-0.3, -0.25) is 20.0 Å². The van der Waals surface area contributed by atoms with Crippen LogP contribution in [0, 0.1) is 0 Å². The number of hydrogen-bond donors (Lipinski definition) is 5. The molecule has 0 bridgehead atoms. The summed E-state index contributed by atoms with van der Waals surface area (Å²) in [7, 11) is 0. The number of benzene rings is 1. The number of piperidine rings is 1. The summed E-state index contributed by atoms with van der Waals surface area (Å²) in [6, 6.07) is 9.88. The Labute approximate surface area is 242 Å². The van der Waals surface area contributed by atoms with E-state index in [9.17, 15) is 9.90 Å². The molecule has 2 atom stereocenters. The lowest BCUT2D eigenvalue weighted by Crippen LogP contribution is -2.44. The van der Waals surface area contributed by atoms with Crippen molar-refractivity contribution in [1.29, 1.82) is 0 Å². The van der Waals surface area contributed by atoms with Gasteiger partial charge in [0.05, 0.1) is 19.2 Å². The lowest BCUT2D eigenvalue weighted by Gasteiger charge is -2.35. The quantitative estimate of drug-likeness (QED) is 0.226. The van der Waals surface area contributed by atoms with Gasteiger partial charge in [-0.25, -0.2) is 0 Å². The van der Waals surface area contributed by atoms with E-state index < -0.39 is 0 Å². The average molecular weight is 562 g/mol. The molecule has 4 heterocycles. The molecule has 2 unspecified atom stereocenters. The number of rotatable bonds is 12. The maximum Gasteiger partial charge on any atom is 0.251 e. The second-order valence-corrected chi connectivity index (χ2v) is 10.8. The Bertz CT molecular complexity index is 1270. The summed E-state index contributed by atoms with van der Waals surface area (Å²) in [5.74, 6) is 1.70. The zero-order chi connectivity index (χ0) is 28.4. The molecule has 2 aliphatic rings. The highest BCUT2D eigenvalue weighted by molar-refractivity contribution is 5.95. The fourth-order valence-corrected chi connectivity index (χ4v) is 5.80. The van der Waals surface area contributed by atoms with Gasteiger partial charge in [-0.2, -0.15) is 0 Å². The van der Waals surface area contributed by atoms with Crippen LogP contribution in [-0.2, 0) is 26.1 Å². The summed E-state index contributed by atoms with van der Waals surface area (Å²) in [6.45, 7) is 7.55. The summed E-state index contributed by atoms with van der Waals surface area (Å²) in [4.78, 5) is 19.5. The van der Waals surface area contributed by atoms with Crippen molar-refractivity contribution in [2.45, 2.75) is 70.7 Å². The zero-order valence-corrected chi connectivity index (χ0v) is 24.0. The third-order valence-corrected chi connectivity index (χ3v) is 8.22. The maximum atomic E-state index is 12.9. The molecule has 5 N–H and O–H groups in total. The number of pyridine rings is 1. The number of nitrogens with zero attached hydrogens (tertiary/aromatic N) is 5. The number of aliphatic hydroxyl groups is 1. The fourth-order valence-electron chi connectivity index (χ4n) is 5.80. The lowest BCUT2D eigenvalue weighted by molar-refractivity contribution is 0.0865. The zero-order valence-electron chi connectivity index (χ0n) is 24.0. The highest BCUT2D eigenvalue weighted by Crippen LogP contribution is 2.21. The first-order valence-corrected chi connectivity index (χ1v) is 14.9. The Balaban J connectivity index is 1.25. The van der Waals surface area contributed by atoms with E-state index in [2.05, 4.69) is 52.8 Å². The molecule has 0 saturated carbocycles. The summed E-state index contributed by atoms with van der Waals surface area (Å²) in [5.41, 5.74) is 3.67. The molecule has 11 nitrogen and oxygen atoms in total. The molecule has 0 aliphatic carbocycles. The number of aliphatic hydroxyl groups excluding tert-OH is 1. The van der Waals surface area contributed by atoms with E-state index in [1.54, 1.807) is 6.20 Å². The van der Waals surface area contributed by atoms with Crippen LogP contribution >= 0.6 is 0 Å². The van der Waals surface area contributed by atoms with Crippen LogP contribution in [0.5, 0.6) is 0 Å². The van der Waals surface area contributed by atoms with E-state index in [-0.39, 0.29) is 24.6 Å². The van der Waals surface area contributed by atoms with Gasteiger partial charge in [-0.15, -0.1) is 10.2 Å².